The molecule has 1 aliphatic rings. The number of anilines is 1. The molecule has 108 valence electrons. The summed E-state index contributed by atoms with van der Waals surface area (Å²) in [4.78, 5) is 14.9. The summed E-state index contributed by atoms with van der Waals surface area (Å²) < 4.78 is 14.0. The molecule has 0 aliphatic carbocycles. The Balaban J connectivity index is 1.97. The molecule has 2 nitrogen and oxygen atoms in total. The Hall–Kier alpha value is -1.46. The minimum absolute atomic E-state index is 0.0518. The largest absolute Gasteiger partial charge is 0.292 e. The Kier molecular flexibility index (Phi) is 4.22. The summed E-state index contributed by atoms with van der Waals surface area (Å²) in [5.74, 6) is -0.0355. The molecule has 0 bridgehead atoms. The number of thioether (sulfide) groups is 2. The van der Waals surface area contributed by atoms with E-state index in [1.165, 1.54) is 22.7 Å². The molecule has 0 saturated carbocycles. The van der Waals surface area contributed by atoms with Gasteiger partial charge in [0.05, 0.1) is 11.4 Å². The molecule has 2 aromatic rings. The van der Waals surface area contributed by atoms with Crippen LogP contribution in [0.4, 0.5) is 10.1 Å². The first-order valence-corrected chi connectivity index (χ1v) is 8.80. The molecular weight excluding hydrogens is 305 g/mol. The zero-order valence-corrected chi connectivity index (χ0v) is 13.1. The second-order valence-electron chi connectivity index (χ2n) is 4.65. The second-order valence-corrected chi connectivity index (χ2v) is 6.60. The van der Waals surface area contributed by atoms with Gasteiger partial charge in [-0.15, -0.1) is 23.5 Å². The highest BCUT2D eigenvalue weighted by molar-refractivity contribution is 8.00. The minimum atomic E-state index is -0.362. The van der Waals surface area contributed by atoms with Crippen LogP contribution in [0.5, 0.6) is 0 Å². The van der Waals surface area contributed by atoms with Gasteiger partial charge in [-0.25, -0.2) is 4.39 Å². The fourth-order valence-corrected chi connectivity index (χ4v) is 3.92. The Labute approximate surface area is 131 Å². The van der Waals surface area contributed by atoms with Gasteiger partial charge in [0.2, 0.25) is 5.91 Å². The van der Waals surface area contributed by atoms with Crippen molar-refractivity contribution in [1.29, 1.82) is 0 Å². The topological polar surface area (TPSA) is 20.3 Å². The van der Waals surface area contributed by atoms with Crippen molar-refractivity contribution in [2.45, 2.75) is 10.3 Å². The Morgan fingerprint density at radius 1 is 1.19 bits per heavy atom. The maximum absolute atomic E-state index is 14.0. The summed E-state index contributed by atoms with van der Waals surface area (Å²) in [6, 6.07) is 14.5. The van der Waals surface area contributed by atoms with Crippen molar-refractivity contribution in [2.75, 3.05) is 16.9 Å². The maximum atomic E-state index is 14.0. The lowest BCUT2D eigenvalue weighted by Crippen LogP contribution is -2.28. The molecule has 21 heavy (non-hydrogen) atoms. The molecule has 1 unspecified atom stereocenters. The number of amides is 1. The van der Waals surface area contributed by atoms with Crippen LogP contribution in [-0.2, 0) is 4.79 Å². The summed E-state index contributed by atoms with van der Waals surface area (Å²) in [5.41, 5.74) is 1.37. The molecule has 1 heterocycles. The van der Waals surface area contributed by atoms with Gasteiger partial charge in [0, 0.05) is 4.90 Å². The van der Waals surface area contributed by atoms with Crippen molar-refractivity contribution in [3.8, 4) is 0 Å². The van der Waals surface area contributed by atoms with Crippen LogP contribution in [0.15, 0.2) is 53.4 Å². The molecular formula is C16H14FNOS2. The fourth-order valence-electron chi connectivity index (χ4n) is 2.35. The molecule has 0 radical (unpaired) electrons. The predicted octanol–water partition coefficient (Wildman–Crippen LogP) is 4.33. The average molecular weight is 319 g/mol. The maximum Gasteiger partial charge on any atom is 0.238 e. The molecule has 1 saturated heterocycles. The van der Waals surface area contributed by atoms with E-state index in [2.05, 4.69) is 0 Å². The molecule has 0 N–H and O–H groups in total. The summed E-state index contributed by atoms with van der Waals surface area (Å²) in [6.45, 7) is 0. The average Bonchev–Trinajstić information content (AvgIpc) is 2.89. The zero-order valence-electron chi connectivity index (χ0n) is 11.5. The summed E-state index contributed by atoms with van der Waals surface area (Å²) in [6.07, 6.45) is 2.02. The highest BCUT2D eigenvalue weighted by atomic mass is 32.2. The van der Waals surface area contributed by atoms with Crippen molar-refractivity contribution in [3.63, 3.8) is 0 Å². The molecule has 2 aromatic carbocycles. The van der Waals surface area contributed by atoms with Crippen LogP contribution in [0.3, 0.4) is 0 Å². The van der Waals surface area contributed by atoms with Crippen LogP contribution in [-0.4, -0.2) is 17.9 Å². The van der Waals surface area contributed by atoms with Crippen molar-refractivity contribution in [1.82, 2.24) is 0 Å². The summed E-state index contributed by atoms with van der Waals surface area (Å²) in [7, 11) is 0. The molecule has 1 atom stereocenters. The Morgan fingerprint density at radius 3 is 2.57 bits per heavy atom. The molecule has 1 aliphatic heterocycles. The van der Waals surface area contributed by atoms with Gasteiger partial charge in [0.1, 0.15) is 11.2 Å². The molecule has 1 amide bonds. The van der Waals surface area contributed by atoms with Gasteiger partial charge in [0.15, 0.2) is 0 Å². The van der Waals surface area contributed by atoms with Crippen molar-refractivity contribution < 1.29 is 9.18 Å². The smallest absolute Gasteiger partial charge is 0.238 e. The van der Waals surface area contributed by atoms with E-state index in [1.54, 1.807) is 34.9 Å². The van der Waals surface area contributed by atoms with Crippen molar-refractivity contribution in [3.05, 3.63) is 59.9 Å². The third-order valence-corrected chi connectivity index (χ3v) is 5.34. The number of rotatable bonds is 3. The molecule has 3 rings (SSSR count). The number of halogens is 1. The quantitative estimate of drug-likeness (QED) is 0.786. The van der Waals surface area contributed by atoms with Crippen LogP contribution in [0.25, 0.3) is 0 Å². The number of carbonyl (C=O) groups is 1. The van der Waals surface area contributed by atoms with Gasteiger partial charge >= 0.3 is 0 Å². The van der Waals surface area contributed by atoms with Gasteiger partial charge in [0.25, 0.3) is 0 Å². The molecule has 0 aromatic heterocycles. The normalized spacial score (nSPS) is 18.3. The summed E-state index contributed by atoms with van der Waals surface area (Å²) in [5, 5.41) is -0.162. The highest BCUT2D eigenvalue weighted by Gasteiger charge is 2.35. The number of nitrogens with zero attached hydrogens (tertiary/aromatic N) is 1. The lowest BCUT2D eigenvalue weighted by Gasteiger charge is -2.24. The first kappa shape index (κ1) is 14.5. The van der Waals surface area contributed by atoms with Crippen LogP contribution < -0.4 is 4.90 Å². The van der Waals surface area contributed by atoms with E-state index >= 15 is 0 Å². The van der Waals surface area contributed by atoms with Crippen LogP contribution in [0.1, 0.15) is 10.9 Å². The SMILES string of the molecule is CSc1ccc(C2SCC(=O)N2c2ccccc2F)cc1. The Morgan fingerprint density at radius 2 is 1.90 bits per heavy atom. The number of hydrogen-bond acceptors (Lipinski definition) is 3. The molecule has 5 heteroatoms. The zero-order chi connectivity index (χ0) is 14.8. The molecule has 0 spiro atoms. The number of hydrogen-bond donors (Lipinski definition) is 0. The van der Waals surface area contributed by atoms with Crippen LogP contribution in [0, 0.1) is 5.82 Å². The summed E-state index contributed by atoms with van der Waals surface area (Å²) >= 11 is 3.20. The van der Waals surface area contributed by atoms with E-state index < -0.39 is 0 Å². The minimum Gasteiger partial charge on any atom is -0.292 e. The standard InChI is InChI=1S/C16H14FNOS2/c1-20-12-8-6-11(7-9-12)16-18(15(19)10-21-16)14-5-3-2-4-13(14)17/h2-9,16H,10H2,1H3. The van der Waals surface area contributed by atoms with Crippen LogP contribution in [0.2, 0.25) is 0 Å². The third-order valence-electron chi connectivity index (χ3n) is 3.38. The van der Waals surface area contributed by atoms with Crippen molar-refractivity contribution >= 4 is 35.1 Å². The van der Waals surface area contributed by atoms with E-state index in [1.807, 2.05) is 30.5 Å². The predicted molar refractivity (Wildman–Crippen MR) is 87.3 cm³/mol. The van der Waals surface area contributed by atoms with E-state index in [-0.39, 0.29) is 17.1 Å². The van der Waals surface area contributed by atoms with E-state index in [4.69, 9.17) is 0 Å². The second kappa shape index (κ2) is 6.12. The molecule has 1 fully saturated rings. The van der Waals surface area contributed by atoms with Gasteiger partial charge in [-0.2, -0.15) is 0 Å². The van der Waals surface area contributed by atoms with Crippen molar-refractivity contribution in [2.24, 2.45) is 0 Å². The number of benzene rings is 2. The number of para-hydroxylation sites is 1. The van der Waals surface area contributed by atoms with E-state index in [0.717, 1.165) is 5.56 Å². The lowest BCUT2D eigenvalue weighted by molar-refractivity contribution is -0.115. The van der Waals surface area contributed by atoms with Gasteiger partial charge in [-0.05, 0) is 36.1 Å². The number of carbonyl (C=O) groups excluding carboxylic acids is 1. The van der Waals surface area contributed by atoms with Gasteiger partial charge < -0.3 is 0 Å². The first-order valence-electron chi connectivity index (χ1n) is 6.53. The fraction of sp³-hybridized carbons (Fsp3) is 0.188. The van der Waals surface area contributed by atoms with Crippen LogP contribution >= 0.6 is 23.5 Å². The van der Waals surface area contributed by atoms with E-state index in [0.29, 0.717) is 11.4 Å². The van der Waals surface area contributed by atoms with Gasteiger partial charge in [-0.3, -0.25) is 9.69 Å². The Bertz CT molecular complexity index is 660. The monoisotopic (exact) mass is 319 g/mol. The van der Waals surface area contributed by atoms with E-state index in [9.17, 15) is 9.18 Å². The van der Waals surface area contributed by atoms with Gasteiger partial charge in [-0.1, -0.05) is 24.3 Å². The third kappa shape index (κ3) is 2.80. The highest BCUT2D eigenvalue weighted by Crippen LogP contribution is 2.42. The lowest BCUT2D eigenvalue weighted by atomic mass is 10.2. The first-order chi connectivity index (χ1) is 10.2.